The number of rotatable bonds is 6. The summed E-state index contributed by atoms with van der Waals surface area (Å²) in [4.78, 5) is 26.2. The number of nitrogens with one attached hydrogen (secondary N) is 2. The number of fused-ring (bicyclic) bond motifs is 2. The van der Waals surface area contributed by atoms with Crippen LogP contribution in [-0.4, -0.2) is 43.7 Å². The van der Waals surface area contributed by atoms with Crippen molar-refractivity contribution in [3.63, 3.8) is 0 Å². The molecular weight excluding hydrogens is 514 g/mol. The summed E-state index contributed by atoms with van der Waals surface area (Å²) in [5, 5.41) is 6.43. The lowest BCUT2D eigenvalue weighted by Gasteiger charge is -2.33. The Hall–Kier alpha value is -3.80. The Morgan fingerprint density at radius 2 is 1.92 bits per heavy atom. The molecule has 8 nitrogen and oxygen atoms in total. The van der Waals surface area contributed by atoms with Gasteiger partial charge in [0.15, 0.2) is 11.5 Å². The molecule has 0 amide bonds. The molecule has 1 aliphatic carbocycles. The highest BCUT2D eigenvalue weighted by atomic mass is 19.4. The van der Waals surface area contributed by atoms with Crippen molar-refractivity contribution in [3.8, 4) is 5.82 Å². The Labute approximate surface area is 221 Å². The highest BCUT2D eigenvalue weighted by Crippen LogP contribution is 2.47. The molecule has 0 atom stereocenters. The molecule has 1 saturated carbocycles. The van der Waals surface area contributed by atoms with Crippen LogP contribution in [0.5, 0.6) is 0 Å². The van der Waals surface area contributed by atoms with E-state index in [2.05, 4.69) is 39.4 Å². The normalized spacial score (nSPS) is 17.7. The molecular formula is C27H27F4N7O. The van der Waals surface area contributed by atoms with Gasteiger partial charge in [0.05, 0.1) is 5.69 Å². The number of hydrogen-bond donors (Lipinski definition) is 2. The van der Waals surface area contributed by atoms with Crippen LogP contribution in [0.25, 0.3) is 16.9 Å². The minimum atomic E-state index is -4.68. The standard InChI is InChI=1S/C27H27F4N7O/c1-25(2)14-32-11-16-10-17(6-7-19(16)25)34-24-33-12-18-22(36-24)38(37(23(18)39)15-27(29,30)31)21-5-3-4-20(35-21)26(13-28)8-9-26/h3-7,10,12,32H,8-9,11,13-15H2,1-2H3,(H,33,34,36). The second kappa shape index (κ2) is 8.87. The molecule has 0 unspecified atom stereocenters. The Bertz CT molecular complexity index is 1640. The molecule has 4 heterocycles. The van der Waals surface area contributed by atoms with Gasteiger partial charge in [0.2, 0.25) is 5.95 Å². The first-order valence-corrected chi connectivity index (χ1v) is 12.7. The second-order valence-electron chi connectivity index (χ2n) is 11.0. The lowest BCUT2D eigenvalue weighted by Crippen LogP contribution is -2.38. The number of anilines is 2. The van der Waals surface area contributed by atoms with Gasteiger partial charge in [0.1, 0.15) is 18.6 Å². The number of aromatic nitrogens is 5. The summed E-state index contributed by atoms with van der Waals surface area (Å²) in [5.41, 5.74) is 1.81. The quantitative estimate of drug-likeness (QED) is 0.345. The first-order chi connectivity index (χ1) is 18.5. The molecule has 2 aliphatic rings. The zero-order valence-corrected chi connectivity index (χ0v) is 21.4. The van der Waals surface area contributed by atoms with E-state index in [1.54, 1.807) is 12.1 Å². The van der Waals surface area contributed by atoms with Gasteiger partial charge >= 0.3 is 6.18 Å². The maximum absolute atomic E-state index is 13.7. The van der Waals surface area contributed by atoms with E-state index in [0.29, 0.717) is 35.4 Å². The van der Waals surface area contributed by atoms with Crippen molar-refractivity contribution < 1.29 is 17.6 Å². The van der Waals surface area contributed by atoms with Crippen molar-refractivity contribution in [1.82, 2.24) is 29.6 Å². The predicted molar refractivity (Wildman–Crippen MR) is 138 cm³/mol. The van der Waals surface area contributed by atoms with Gasteiger partial charge in [-0.05, 0) is 48.2 Å². The second-order valence-corrected chi connectivity index (χ2v) is 11.0. The van der Waals surface area contributed by atoms with E-state index in [0.717, 1.165) is 16.8 Å². The van der Waals surface area contributed by atoms with Crippen LogP contribution in [0.2, 0.25) is 0 Å². The molecule has 3 aromatic heterocycles. The summed E-state index contributed by atoms with van der Waals surface area (Å²) in [6, 6.07) is 10.7. The third kappa shape index (κ3) is 4.56. The van der Waals surface area contributed by atoms with E-state index in [-0.39, 0.29) is 28.2 Å². The molecule has 0 saturated heterocycles. The zero-order valence-electron chi connectivity index (χ0n) is 21.4. The van der Waals surface area contributed by atoms with Crippen molar-refractivity contribution in [2.24, 2.45) is 0 Å². The Morgan fingerprint density at radius 3 is 2.64 bits per heavy atom. The molecule has 12 heteroatoms. The minimum Gasteiger partial charge on any atom is -0.324 e. The summed E-state index contributed by atoms with van der Waals surface area (Å²) in [7, 11) is 0. The summed E-state index contributed by atoms with van der Waals surface area (Å²) in [6.45, 7) is 3.73. The fourth-order valence-electron chi connectivity index (χ4n) is 5.29. The van der Waals surface area contributed by atoms with Crippen LogP contribution in [-0.2, 0) is 23.9 Å². The monoisotopic (exact) mass is 541 g/mol. The van der Waals surface area contributed by atoms with E-state index < -0.39 is 30.4 Å². The van der Waals surface area contributed by atoms with E-state index in [1.807, 2.05) is 18.2 Å². The molecule has 1 aliphatic heterocycles. The predicted octanol–water partition coefficient (Wildman–Crippen LogP) is 4.67. The summed E-state index contributed by atoms with van der Waals surface area (Å²) >= 11 is 0. The van der Waals surface area contributed by atoms with Gasteiger partial charge in [-0.1, -0.05) is 26.0 Å². The molecule has 6 rings (SSSR count). The first kappa shape index (κ1) is 25.5. The van der Waals surface area contributed by atoms with Crippen molar-refractivity contribution in [3.05, 3.63) is 69.8 Å². The van der Waals surface area contributed by atoms with Gasteiger partial charge in [0.25, 0.3) is 5.56 Å². The first-order valence-electron chi connectivity index (χ1n) is 12.7. The smallest absolute Gasteiger partial charge is 0.324 e. The van der Waals surface area contributed by atoms with Crippen LogP contribution >= 0.6 is 0 Å². The molecule has 0 spiro atoms. The fourth-order valence-corrected chi connectivity index (χ4v) is 5.29. The van der Waals surface area contributed by atoms with Gasteiger partial charge in [-0.3, -0.25) is 9.18 Å². The number of benzene rings is 1. The number of pyridine rings is 1. The van der Waals surface area contributed by atoms with Gasteiger partial charge in [0, 0.05) is 35.8 Å². The van der Waals surface area contributed by atoms with Crippen LogP contribution in [0.4, 0.5) is 29.2 Å². The van der Waals surface area contributed by atoms with E-state index >= 15 is 0 Å². The van der Waals surface area contributed by atoms with Crippen molar-refractivity contribution in [1.29, 1.82) is 0 Å². The number of hydrogen-bond acceptors (Lipinski definition) is 6. The third-order valence-electron chi connectivity index (χ3n) is 7.58. The van der Waals surface area contributed by atoms with Crippen molar-refractivity contribution >= 4 is 22.7 Å². The summed E-state index contributed by atoms with van der Waals surface area (Å²) < 4.78 is 56.0. The van der Waals surface area contributed by atoms with Gasteiger partial charge in [-0.2, -0.15) is 18.2 Å². The minimum absolute atomic E-state index is 0.0261. The van der Waals surface area contributed by atoms with Crippen molar-refractivity contribution in [2.75, 3.05) is 18.5 Å². The highest BCUT2D eigenvalue weighted by molar-refractivity contribution is 5.77. The lowest BCUT2D eigenvalue weighted by molar-refractivity contribution is -0.144. The van der Waals surface area contributed by atoms with Crippen LogP contribution < -0.4 is 16.2 Å². The lowest BCUT2D eigenvalue weighted by atomic mass is 9.79. The van der Waals surface area contributed by atoms with Crippen molar-refractivity contribution in [2.45, 2.75) is 56.8 Å². The Balaban J connectivity index is 1.45. The largest absolute Gasteiger partial charge is 0.408 e. The molecule has 1 aromatic carbocycles. The summed E-state index contributed by atoms with van der Waals surface area (Å²) in [5.74, 6) is 0.164. The summed E-state index contributed by atoms with van der Waals surface area (Å²) in [6.07, 6.45) is -2.26. The van der Waals surface area contributed by atoms with Gasteiger partial charge in [-0.25, -0.2) is 19.3 Å². The Morgan fingerprint density at radius 1 is 1.13 bits per heavy atom. The van der Waals surface area contributed by atoms with E-state index in [4.69, 9.17) is 0 Å². The fraction of sp³-hybridized carbons (Fsp3) is 0.407. The molecule has 0 radical (unpaired) electrons. The SMILES string of the molecule is CC1(C)CNCc2cc(Nc3ncc4c(=O)n(CC(F)(F)F)n(-c5cccc(C6(CF)CC6)n5)c4n3)ccc21. The number of halogens is 4. The Kier molecular flexibility index (Phi) is 5.79. The number of alkyl halides is 4. The van der Waals surface area contributed by atoms with Gasteiger partial charge in [-0.15, -0.1) is 0 Å². The molecule has 39 heavy (non-hydrogen) atoms. The van der Waals surface area contributed by atoms with Crippen LogP contribution in [0.15, 0.2) is 47.4 Å². The topological polar surface area (TPSA) is 89.7 Å². The zero-order chi connectivity index (χ0) is 27.6. The van der Waals surface area contributed by atoms with Crippen LogP contribution in [0.3, 0.4) is 0 Å². The molecule has 4 aromatic rings. The number of nitrogens with zero attached hydrogens (tertiary/aromatic N) is 5. The van der Waals surface area contributed by atoms with E-state index in [9.17, 15) is 22.4 Å². The average Bonchev–Trinajstić information content (AvgIpc) is 3.64. The van der Waals surface area contributed by atoms with Gasteiger partial charge < -0.3 is 10.6 Å². The maximum Gasteiger partial charge on any atom is 0.408 e. The van der Waals surface area contributed by atoms with Crippen LogP contribution in [0, 0.1) is 0 Å². The molecule has 2 N–H and O–H groups in total. The van der Waals surface area contributed by atoms with Crippen LogP contribution in [0.1, 0.15) is 43.5 Å². The highest BCUT2D eigenvalue weighted by Gasteiger charge is 2.46. The third-order valence-corrected chi connectivity index (χ3v) is 7.58. The molecule has 204 valence electrons. The molecule has 1 fully saturated rings. The molecule has 0 bridgehead atoms. The average molecular weight is 542 g/mol. The maximum atomic E-state index is 13.7. The van der Waals surface area contributed by atoms with E-state index in [1.165, 1.54) is 17.8 Å².